The zero-order valence-electron chi connectivity index (χ0n) is 14.9. The molecule has 3 rings (SSSR count). The van der Waals surface area contributed by atoms with Crippen LogP contribution < -0.4 is 5.32 Å². The fraction of sp³-hybridized carbons (Fsp3) is 0.333. The number of halogens is 1. The van der Waals surface area contributed by atoms with Crippen LogP contribution in [0.4, 0.5) is 4.39 Å². The summed E-state index contributed by atoms with van der Waals surface area (Å²) < 4.78 is 13.6. The van der Waals surface area contributed by atoms with Gasteiger partial charge in [-0.1, -0.05) is 48.5 Å². The Morgan fingerprint density at radius 3 is 2.38 bits per heavy atom. The molecule has 0 aliphatic heterocycles. The van der Waals surface area contributed by atoms with Crippen LogP contribution in [0.2, 0.25) is 0 Å². The normalized spacial score (nSPS) is 14.5. The molecule has 26 heavy (non-hydrogen) atoms. The molecule has 0 heterocycles. The van der Waals surface area contributed by atoms with Gasteiger partial charge in [0.05, 0.1) is 0 Å². The topological polar surface area (TPSA) is 49.4 Å². The van der Waals surface area contributed by atoms with Gasteiger partial charge in [-0.25, -0.2) is 4.39 Å². The summed E-state index contributed by atoms with van der Waals surface area (Å²) in [5.74, 6) is -0.676. The number of carbonyl (C=O) groups is 2. The van der Waals surface area contributed by atoms with Crippen LogP contribution in [0.5, 0.6) is 0 Å². The molecule has 1 aliphatic rings. The van der Waals surface area contributed by atoms with E-state index in [1.54, 1.807) is 30.1 Å². The summed E-state index contributed by atoms with van der Waals surface area (Å²) in [5.41, 5.74) is 0.642. The number of benzene rings is 2. The van der Waals surface area contributed by atoms with Gasteiger partial charge < -0.3 is 10.2 Å². The van der Waals surface area contributed by atoms with Crippen molar-refractivity contribution < 1.29 is 14.0 Å². The maximum Gasteiger partial charge on any atom is 0.238 e. The largest absolute Gasteiger partial charge is 0.355 e. The van der Waals surface area contributed by atoms with Crippen molar-refractivity contribution >= 4 is 11.8 Å². The van der Waals surface area contributed by atoms with Crippen molar-refractivity contribution in [3.63, 3.8) is 0 Å². The molecular formula is C21H23FN2O2. The predicted molar refractivity (Wildman–Crippen MR) is 97.7 cm³/mol. The van der Waals surface area contributed by atoms with E-state index in [2.05, 4.69) is 5.32 Å². The fourth-order valence-corrected chi connectivity index (χ4v) is 3.14. The molecule has 2 amide bonds. The van der Waals surface area contributed by atoms with Crippen molar-refractivity contribution in [2.24, 2.45) is 5.41 Å². The molecule has 2 aromatic carbocycles. The Morgan fingerprint density at radius 2 is 1.73 bits per heavy atom. The van der Waals surface area contributed by atoms with Crippen LogP contribution in [-0.4, -0.2) is 30.3 Å². The van der Waals surface area contributed by atoms with E-state index in [-0.39, 0.29) is 17.6 Å². The molecule has 0 bridgehead atoms. The van der Waals surface area contributed by atoms with Gasteiger partial charge in [-0.3, -0.25) is 9.59 Å². The number of rotatable bonds is 7. The molecule has 0 saturated heterocycles. The molecule has 0 radical (unpaired) electrons. The Bertz CT molecular complexity index is 788. The molecule has 1 N–H and O–H groups in total. The first-order valence-corrected chi connectivity index (χ1v) is 8.84. The lowest BCUT2D eigenvalue weighted by Crippen LogP contribution is -2.44. The lowest BCUT2D eigenvalue weighted by atomic mass is 10.0. The van der Waals surface area contributed by atoms with Crippen LogP contribution in [0.25, 0.3) is 0 Å². The van der Waals surface area contributed by atoms with Gasteiger partial charge in [0.15, 0.2) is 0 Å². The number of hydrogen-bond donors (Lipinski definition) is 1. The summed E-state index contributed by atoms with van der Waals surface area (Å²) in [6.45, 7) is 0.793. The molecule has 136 valence electrons. The van der Waals surface area contributed by atoms with Crippen molar-refractivity contribution in [3.8, 4) is 0 Å². The first kappa shape index (κ1) is 18.1. The number of nitrogens with zero attached hydrogens (tertiary/aromatic N) is 1. The Morgan fingerprint density at radius 1 is 1.08 bits per heavy atom. The zero-order valence-corrected chi connectivity index (χ0v) is 14.9. The number of carbonyl (C=O) groups excluding carboxylic acids is 2. The average molecular weight is 354 g/mol. The Balaban J connectivity index is 1.54. The first-order chi connectivity index (χ1) is 12.5. The maximum absolute atomic E-state index is 13.6. The number of nitrogens with one attached hydrogen (secondary N) is 1. The van der Waals surface area contributed by atoms with Crippen molar-refractivity contribution in [3.05, 3.63) is 71.5 Å². The molecule has 1 fully saturated rings. The van der Waals surface area contributed by atoms with Gasteiger partial charge in [-0.05, 0) is 36.5 Å². The molecule has 2 aromatic rings. The van der Waals surface area contributed by atoms with Gasteiger partial charge in [0.25, 0.3) is 0 Å². The van der Waals surface area contributed by atoms with Gasteiger partial charge >= 0.3 is 0 Å². The van der Waals surface area contributed by atoms with Crippen LogP contribution >= 0.6 is 0 Å². The van der Waals surface area contributed by atoms with Crippen LogP contribution in [-0.2, 0) is 22.6 Å². The van der Waals surface area contributed by atoms with E-state index in [4.69, 9.17) is 0 Å². The number of amides is 2. The molecule has 0 aromatic heterocycles. The molecule has 1 aliphatic carbocycles. The Hall–Kier alpha value is -2.69. The highest BCUT2D eigenvalue weighted by atomic mass is 19.1. The highest BCUT2D eigenvalue weighted by molar-refractivity contribution is 6.07. The second-order valence-electron chi connectivity index (χ2n) is 6.83. The second-order valence-corrected chi connectivity index (χ2v) is 6.83. The van der Waals surface area contributed by atoms with Crippen LogP contribution in [0.1, 0.15) is 24.0 Å². The lowest BCUT2D eigenvalue weighted by Gasteiger charge is -2.23. The minimum absolute atomic E-state index is 0.148. The van der Waals surface area contributed by atoms with E-state index < -0.39 is 5.41 Å². The minimum Gasteiger partial charge on any atom is -0.355 e. The third kappa shape index (κ3) is 3.93. The van der Waals surface area contributed by atoms with E-state index in [0.717, 1.165) is 5.56 Å². The summed E-state index contributed by atoms with van der Waals surface area (Å²) in [6, 6.07) is 16.2. The third-order valence-electron chi connectivity index (χ3n) is 4.84. The molecule has 4 nitrogen and oxygen atoms in total. The fourth-order valence-electron chi connectivity index (χ4n) is 3.14. The lowest BCUT2D eigenvalue weighted by molar-refractivity contribution is -0.143. The predicted octanol–water partition coefficient (Wildman–Crippen LogP) is 2.92. The highest BCUT2D eigenvalue weighted by Crippen LogP contribution is 2.47. The third-order valence-corrected chi connectivity index (χ3v) is 4.84. The van der Waals surface area contributed by atoms with Gasteiger partial charge in [-0.2, -0.15) is 0 Å². The number of hydrogen-bond acceptors (Lipinski definition) is 2. The SMILES string of the molecule is CN(Cc1ccccc1)C(=O)C1(C(=O)NCCc2ccccc2F)CC1. The maximum atomic E-state index is 13.6. The highest BCUT2D eigenvalue weighted by Gasteiger charge is 2.57. The van der Waals surface area contributed by atoms with E-state index in [0.29, 0.717) is 37.9 Å². The van der Waals surface area contributed by atoms with Crippen LogP contribution in [0.3, 0.4) is 0 Å². The second kappa shape index (κ2) is 7.68. The standard InChI is InChI=1S/C21H23FN2O2/c1-24(15-16-7-3-2-4-8-16)20(26)21(12-13-21)19(25)23-14-11-17-9-5-6-10-18(17)22/h2-10H,11-15H2,1H3,(H,23,25). The van der Waals surface area contributed by atoms with E-state index in [1.807, 2.05) is 30.3 Å². The van der Waals surface area contributed by atoms with Crippen LogP contribution in [0.15, 0.2) is 54.6 Å². The van der Waals surface area contributed by atoms with Crippen molar-refractivity contribution in [2.45, 2.75) is 25.8 Å². The zero-order chi connectivity index (χ0) is 18.6. The van der Waals surface area contributed by atoms with E-state index >= 15 is 0 Å². The van der Waals surface area contributed by atoms with E-state index in [1.165, 1.54) is 6.07 Å². The average Bonchev–Trinajstić information content (AvgIpc) is 3.45. The first-order valence-electron chi connectivity index (χ1n) is 8.84. The summed E-state index contributed by atoms with van der Waals surface area (Å²) in [5, 5.41) is 2.81. The monoisotopic (exact) mass is 354 g/mol. The summed E-state index contributed by atoms with van der Waals surface area (Å²) in [7, 11) is 1.72. The van der Waals surface area contributed by atoms with Crippen molar-refractivity contribution in [2.75, 3.05) is 13.6 Å². The van der Waals surface area contributed by atoms with Crippen molar-refractivity contribution in [1.29, 1.82) is 0 Å². The quantitative estimate of drug-likeness (QED) is 0.777. The molecule has 1 saturated carbocycles. The van der Waals surface area contributed by atoms with Gasteiger partial charge in [0.2, 0.25) is 11.8 Å². The molecule has 0 unspecified atom stereocenters. The summed E-state index contributed by atoms with van der Waals surface area (Å²) >= 11 is 0. The van der Waals surface area contributed by atoms with Crippen LogP contribution in [0, 0.1) is 11.2 Å². The Kier molecular flexibility index (Phi) is 5.35. The molecule has 0 spiro atoms. The van der Waals surface area contributed by atoms with Gasteiger partial charge in [0.1, 0.15) is 11.2 Å². The smallest absolute Gasteiger partial charge is 0.238 e. The van der Waals surface area contributed by atoms with Gasteiger partial charge in [0, 0.05) is 20.1 Å². The molecule has 0 atom stereocenters. The van der Waals surface area contributed by atoms with E-state index in [9.17, 15) is 14.0 Å². The summed E-state index contributed by atoms with van der Waals surface area (Å²) in [4.78, 5) is 26.9. The Labute approximate surface area is 153 Å². The molecule has 5 heteroatoms. The minimum atomic E-state index is -0.946. The van der Waals surface area contributed by atoms with Crippen molar-refractivity contribution in [1.82, 2.24) is 10.2 Å². The summed E-state index contributed by atoms with van der Waals surface area (Å²) in [6.07, 6.45) is 1.54. The molecular weight excluding hydrogens is 331 g/mol. The van der Waals surface area contributed by atoms with Gasteiger partial charge in [-0.15, -0.1) is 0 Å².